The lowest BCUT2D eigenvalue weighted by atomic mass is 9.94. The largest absolute Gasteiger partial charge is 0.381 e. The van der Waals surface area contributed by atoms with Gasteiger partial charge in [-0.2, -0.15) is 0 Å². The van der Waals surface area contributed by atoms with Crippen LogP contribution in [-0.2, 0) is 9.53 Å². The van der Waals surface area contributed by atoms with Crippen molar-refractivity contribution in [3.05, 3.63) is 35.9 Å². The average molecular weight is 262 g/mol. The van der Waals surface area contributed by atoms with Gasteiger partial charge in [0.15, 0.2) is 0 Å². The maximum absolute atomic E-state index is 12.2. The highest BCUT2D eigenvalue weighted by atomic mass is 16.5. The summed E-state index contributed by atoms with van der Waals surface area (Å²) in [5.74, 6) is -0.200. The minimum absolute atomic E-state index is 0.0308. The molecule has 0 spiro atoms. The molecule has 0 aromatic heterocycles. The van der Waals surface area contributed by atoms with Crippen LogP contribution in [-0.4, -0.2) is 25.2 Å². The number of benzene rings is 1. The molecule has 0 saturated carbocycles. The van der Waals surface area contributed by atoms with Crippen molar-refractivity contribution in [3.63, 3.8) is 0 Å². The number of ether oxygens (including phenoxy) is 1. The van der Waals surface area contributed by atoms with E-state index >= 15 is 0 Å². The number of hydrogen-bond acceptors (Lipinski definition) is 3. The average Bonchev–Trinajstić information content (AvgIpc) is 2.47. The van der Waals surface area contributed by atoms with Crippen LogP contribution in [0.15, 0.2) is 30.3 Å². The third-order valence-corrected chi connectivity index (χ3v) is 3.70. The van der Waals surface area contributed by atoms with E-state index < -0.39 is 0 Å². The summed E-state index contributed by atoms with van der Waals surface area (Å²) in [5.41, 5.74) is 7.16. The molecular formula is C15H22N2O2. The summed E-state index contributed by atoms with van der Waals surface area (Å²) >= 11 is 0. The van der Waals surface area contributed by atoms with Crippen LogP contribution in [0.2, 0.25) is 0 Å². The molecule has 1 saturated heterocycles. The number of nitrogens with one attached hydrogen (secondary N) is 1. The first kappa shape index (κ1) is 14.0. The Hall–Kier alpha value is -1.39. The van der Waals surface area contributed by atoms with Crippen LogP contribution < -0.4 is 11.1 Å². The number of carbonyl (C=O) groups excluding carboxylic acids is 1. The predicted molar refractivity (Wildman–Crippen MR) is 74.5 cm³/mol. The van der Waals surface area contributed by atoms with Gasteiger partial charge in [0.2, 0.25) is 5.91 Å². The van der Waals surface area contributed by atoms with E-state index in [1.165, 1.54) is 0 Å². The van der Waals surface area contributed by atoms with E-state index in [4.69, 9.17) is 10.5 Å². The number of hydrogen-bond donors (Lipinski definition) is 2. The van der Waals surface area contributed by atoms with Crippen molar-refractivity contribution < 1.29 is 9.53 Å². The van der Waals surface area contributed by atoms with E-state index in [9.17, 15) is 4.79 Å². The highest BCUT2D eigenvalue weighted by molar-refractivity contribution is 5.79. The number of nitrogens with two attached hydrogens (primary N) is 1. The standard InChI is InChI=1S/C15H22N2O2/c1-11(14(16)12-5-3-2-4-6-12)15(18)17-13-7-9-19-10-8-13/h2-6,11,13-14H,7-10,16H2,1H3,(H,17,18). The summed E-state index contributed by atoms with van der Waals surface area (Å²) in [5, 5.41) is 3.07. The van der Waals surface area contributed by atoms with Gasteiger partial charge >= 0.3 is 0 Å². The predicted octanol–water partition coefficient (Wildman–Crippen LogP) is 1.62. The molecule has 1 amide bonds. The summed E-state index contributed by atoms with van der Waals surface area (Å²) < 4.78 is 5.28. The van der Waals surface area contributed by atoms with Gasteiger partial charge in [-0.3, -0.25) is 4.79 Å². The van der Waals surface area contributed by atoms with Gasteiger partial charge in [0.1, 0.15) is 0 Å². The Morgan fingerprint density at radius 3 is 2.58 bits per heavy atom. The summed E-state index contributed by atoms with van der Waals surface area (Å²) in [7, 11) is 0. The summed E-state index contributed by atoms with van der Waals surface area (Å²) in [6, 6.07) is 9.72. The molecular weight excluding hydrogens is 240 g/mol. The molecule has 19 heavy (non-hydrogen) atoms. The molecule has 4 nitrogen and oxygen atoms in total. The van der Waals surface area contributed by atoms with Gasteiger partial charge in [0, 0.05) is 25.3 Å². The first-order chi connectivity index (χ1) is 9.18. The Morgan fingerprint density at radius 1 is 1.32 bits per heavy atom. The smallest absolute Gasteiger partial charge is 0.224 e. The van der Waals surface area contributed by atoms with Crippen LogP contribution >= 0.6 is 0 Å². The van der Waals surface area contributed by atoms with E-state index in [-0.39, 0.29) is 23.9 Å². The van der Waals surface area contributed by atoms with Crippen LogP contribution in [0.25, 0.3) is 0 Å². The zero-order chi connectivity index (χ0) is 13.7. The second-order valence-electron chi connectivity index (χ2n) is 5.12. The van der Waals surface area contributed by atoms with E-state index in [2.05, 4.69) is 5.32 Å². The molecule has 2 rings (SSSR count). The van der Waals surface area contributed by atoms with Gasteiger partial charge in [-0.25, -0.2) is 0 Å². The van der Waals surface area contributed by atoms with Crippen molar-refractivity contribution in [2.75, 3.05) is 13.2 Å². The molecule has 1 aliphatic rings. The lowest BCUT2D eigenvalue weighted by Crippen LogP contribution is -2.43. The third-order valence-electron chi connectivity index (χ3n) is 3.70. The molecule has 2 unspecified atom stereocenters. The van der Waals surface area contributed by atoms with Crippen molar-refractivity contribution in [2.24, 2.45) is 11.7 Å². The van der Waals surface area contributed by atoms with Crippen LogP contribution in [0.3, 0.4) is 0 Å². The summed E-state index contributed by atoms with van der Waals surface area (Å²) in [6.45, 7) is 3.33. The first-order valence-corrected chi connectivity index (χ1v) is 6.87. The highest BCUT2D eigenvalue weighted by Gasteiger charge is 2.24. The Labute approximate surface area is 114 Å². The van der Waals surface area contributed by atoms with Crippen LogP contribution in [0, 0.1) is 5.92 Å². The second-order valence-corrected chi connectivity index (χ2v) is 5.12. The molecule has 4 heteroatoms. The Kier molecular flexibility index (Phi) is 4.93. The molecule has 104 valence electrons. The maximum Gasteiger partial charge on any atom is 0.224 e. The molecule has 1 aromatic carbocycles. The molecule has 1 heterocycles. The summed E-state index contributed by atoms with van der Waals surface area (Å²) in [6.07, 6.45) is 1.78. The molecule has 3 N–H and O–H groups in total. The SMILES string of the molecule is CC(C(=O)NC1CCOCC1)C(N)c1ccccc1. The van der Waals surface area contributed by atoms with E-state index in [1.54, 1.807) is 0 Å². The molecule has 0 aliphatic carbocycles. The fourth-order valence-corrected chi connectivity index (χ4v) is 2.30. The van der Waals surface area contributed by atoms with Gasteiger partial charge in [0.25, 0.3) is 0 Å². The topological polar surface area (TPSA) is 64.3 Å². The van der Waals surface area contributed by atoms with Crippen LogP contribution in [0.5, 0.6) is 0 Å². The Balaban J connectivity index is 1.91. The number of amides is 1. The monoisotopic (exact) mass is 262 g/mol. The lowest BCUT2D eigenvalue weighted by molar-refractivity contribution is -0.126. The fourth-order valence-electron chi connectivity index (χ4n) is 2.30. The van der Waals surface area contributed by atoms with Crippen molar-refractivity contribution in [3.8, 4) is 0 Å². The van der Waals surface area contributed by atoms with Crippen LogP contribution in [0.4, 0.5) is 0 Å². The Morgan fingerprint density at radius 2 is 1.95 bits per heavy atom. The number of carbonyl (C=O) groups is 1. The molecule has 0 bridgehead atoms. The molecule has 1 aromatic rings. The second kappa shape index (κ2) is 6.68. The third kappa shape index (κ3) is 3.78. The van der Waals surface area contributed by atoms with E-state index in [0.717, 1.165) is 31.6 Å². The Bertz CT molecular complexity index is 402. The molecule has 2 atom stereocenters. The maximum atomic E-state index is 12.2. The van der Waals surface area contributed by atoms with Gasteiger partial charge < -0.3 is 15.8 Å². The fraction of sp³-hybridized carbons (Fsp3) is 0.533. The molecule has 1 fully saturated rings. The first-order valence-electron chi connectivity index (χ1n) is 6.87. The van der Waals surface area contributed by atoms with Crippen LogP contribution in [0.1, 0.15) is 31.4 Å². The van der Waals surface area contributed by atoms with Crippen molar-refractivity contribution >= 4 is 5.91 Å². The van der Waals surface area contributed by atoms with Gasteiger partial charge in [-0.15, -0.1) is 0 Å². The number of rotatable bonds is 4. The normalized spacial score (nSPS) is 19.7. The highest BCUT2D eigenvalue weighted by Crippen LogP contribution is 2.19. The van der Waals surface area contributed by atoms with Gasteiger partial charge in [-0.05, 0) is 18.4 Å². The van der Waals surface area contributed by atoms with Gasteiger partial charge in [0.05, 0.1) is 5.92 Å². The van der Waals surface area contributed by atoms with Gasteiger partial charge in [-0.1, -0.05) is 37.3 Å². The summed E-state index contributed by atoms with van der Waals surface area (Å²) in [4.78, 5) is 12.2. The molecule has 1 aliphatic heterocycles. The minimum atomic E-state index is -0.263. The van der Waals surface area contributed by atoms with E-state index in [1.807, 2.05) is 37.3 Å². The van der Waals surface area contributed by atoms with E-state index in [0.29, 0.717) is 0 Å². The molecule has 0 radical (unpaired) electrons. The minimum Gasteiger partial charge on any atom is -0.381 e. The van der Waals surface area contributed by atoms with Crippen molar-refractivity contribution in [1.29, 1.82) is 0 Å². The van der Waals surface area contributed by atoms with Crippen molar-refractivity contribution in [2.45, 2.75) is 31.8 Å². The zero-order valence-corrected chi connectivity index (χ0v) is 11.3. The zero-order valence-electron chi connectivity index (χ0n) is 11.3. The lowest BCUT2D eigenvalue weighted by Gasteiger charge is -2.26. The quantitative estimate of drug-likeness (QED) is 0.866. The van der Waals surface area contributed by atoms with Crippen molar-refractivity contribution in [1.82, 2.24) is 5.32 Å².